The highest BCUT2D eigenvalue weighted by molar-refractivity contribution is 6.34. The van der Waals surface area contributed by atoms with Gasteiger partial charge in [0.25, 0.3) is 5.91 Å². The fraction of sp³-hybridized carbons (Fsp3) is 0.417. The van der Waals surface area contributed by atoms with Crippen molar-refractivity contribution in [3.05, 3.63) is 53.1 Å². The summed E-state index contributed by atoms with van der Waals surface area (Å²) >= 11 is 6.40. The first-order chi connectivity index (χ1) is 15.0. The van der Waals surface area contributed by atoms with Crippen molar-refractivity contribution in [2.45, 2.75) is 32.1 Å². The first kappa shape index (κ1) is 21.5. The molecule has 1 saturated heterocycles. The summed E-state index contributed by atoms with van der Waals surface area (Å²) in [6.07, 6.45) is 5.51. The molecular weight excluding hydrogens is 416 g/mol. The quantitative estimate of drug-likeness (QED) is 0.668. The molecule has 2 aromatic carbocycles. The number of fused-ring (bicyclic) bond motifs is 1. The van der Waals surface area contributed by atoms with Crippen LogP contribution in [-0.2, 0) is 0 Å². The summed E-state index contributed by atoms with van der Waals surface area (Å²) in [7, 11) is 1.57. The Labute approximate surface area is 187 Å². The summed E-state index contributed by atoms with van der Waals surface area (Å²) in [5, 5.41) is 2.96. The van der Waals surface area contributed by atoms with E-state index >= 15 is 0 Å². The van der Waals surface area contributed by atoms with Gasteiger partial charge in [0.1, 0.15) is 11.5 Å². The van der Waals surface area contributed by atoms with Crippen molar-refractivity contribution >= 4 is 29.3 Å². The van der Waals surface area contributed by atoms with Crippen LogP contribution >= 0.6 is 11.6 Å². The van der Waals surface area contributed by atoms with Crippen molar-refractivity contribution in [2.75, 3.05) is 25.5 Å². The number of nitrogens with zero attached hydrogens (tertiary/aromatic N) is 1. The molecule has 0 unspecified atom stereocenters. The molecule has 6 nitrogen and oxygen atoms in total. The van der Waals surface area contributed by atoms with Gasteiger partial charge in [-0.3, -0.25) is 10.1 Å². The van der Waals surface area contributed by atoms with Gasteiger partial charge in [-0.05, 0) is 67.1 Å². The van der Waals surface area contributed by atoms with Crippen molar-refractivity contribution in [3.8, 4) is 11.5 Å². The Balaban J connectivity index is 1.37. The number of ether oxygens (including phenoxy) is 2. The molecule has 1 aliphatic carbocycles. The molecule has 0 aromatic heterocycles. The van der Waals surface area contributed by atoms with E-state index in [2.05, 4.69) is 5.32 Å². The molecule has 1 saturated carbocycles. The molecule has 31 heavy (non-hydrogen) atoms. The summed E-state index contributed by atoms with van der Waals surface area (Å²) in [6.45, 7) is 1.60. The number of likely N-dealkylation sites (tertiary alicyclic amines) is 1. The van der Waals surface area contributed by atoms with Gasteiger partial charge in [0.05, 0.1) is 17.7 Å². The van der Waals surface area contributed by atoms with Crippen LogP contribution in [0.2, 0.25) is 5.02 Å². The number of piperidine rings is 1. The lowest BCUT2D eigenvalue weighted by Gasteiger charge is -2.41. The third-order valence-electron chi connectivity index (χ3n) is 6.29. The molecule has 164 valence electrons. The van der Waals surface area contributed by atoms with Crippen molar-refractivity contribution in [1.29, 1.82) is 0 Å². The van der Waals surface area contributed by atoms with E-state index in [-0.39, 0.29) is 5.91 Å². The van der Waals surface area contributed by atoms with Gasteiger partial charge in [0, 0.05) is 18.8 Å². The Bertz CT molecular complexity index is 947. The van der Waals surface area contributed by atoms with Gasteiger partial charge in [0.2, 0.25) is 0 Å². The Kier molecular flexibility index (Phi) is 6.66. The fourth-order valence-corrected chi connectivity index (χ4v) is 4.88. The zero-order chi connectivity index (χ0) is 21.8. The normalized spacial score (nSPS) is 20.5. The van der Waals surface area contributed by atoms with Gasteiger partial charge in [-0.2, -0.15) is 0 Å². The van der Waals surface area contributed by atoms with Crippen LogP contribution in [0.4, 0.5) is 10.5 Å². The standard InChI is InChI=1S/C24H27ClN2O4/c1-30-19-7-9-20(10-8-19)31-24(29)26-18-6-11-21(22(25)14-18)23(28)27-13-12-16-4-2-3-5-17(16)15-27/h6-11,14,16-17H,2-5,12-13,15H2,1H3,(H,26,29)/t16-,17+/m1/s1. The minimum Gasteiger partial charge on any atom is -0.497 e. The van der Waals surface area contributed by atoms with Crippen LogP contribution in [0.1, 0.15) is 42.5 Å². The molecule has 0 spiro atoms. The van der Waals surface area contributed by atoms with E-state index in [0.717, 1.165) is 25.4 Å². The number of carbonyl (C=O) groups excluding carboxylic acids is 2. The molecule has 2 aromatic rings. The summed E-state index contributed by atoms with van der Waals surface area (Å²) in [6, 6.07) is 11.6. The van der Waals surface area contributed by atoms with E-state index < -0.39 is 6.09 Å². The SMILES string of the molecule is COc1ccc(OC(=O)Nc2ccc(C(=O)N3CC[C@H]4CCCC[C@H]4C3)c(Cl)c2)cc1. The molecule has 2 fully saturated rings. The average Bonchev–Trinajstić information content (AvgIpc) is 2.79. The van der Waals surface area contributed by atoms with Crippen LogP contribution < -0.4 is 14.8 Å². The van der Waals surface area contributed by atoms with Gasteiger partial charge < -0.3 is 14.4 Å². The van der Waals surface area contributed by atoms with Crippen LogP contribution in [0.3, 0.4) is 0 Å². The van der Waals surface area contributed by atoms with Crippen molar-refractivity contribution in [2.24, 2.45) is 11.8 Å². The molecule has 2 amide bonds. The fourth-order valence-electron chi connectivity index (χ4n) is 4.62. The highest BCUT2D eigenvalue weighted by atomic mass is 35.5. The third-order valence-corrected chi connectivity index (χ3v) is 6.61. The predicted molar refractivity (Wildman–Crippen MR) is 120 cm³/mol. The molecule has 7 heteroatoms. The minimum atomic E-state index is -0.639. The summed E-state index contributed by atoms with van der Waals surface area (Å²) in [5.74, 6) is 2.40. The monoisotopic (exact) mass is 442 g/mol. The Hall–Kier alpha value is -2.73. The van der Waals surface area contributed by atoms with E-state index in [1.165, 1.54) is 25.7 Å². The minimum absolute atomic E-state index is 0.0404. The summed E-state index contributed by atoms with van der Waals surface area (Å²) < 4.78 is 10.3. The van der Waals surface area contributed by atoms with Crippen LogP contribution in [0, 0.1) is 11.8 Å². The number of carbonyl (C=O) groups is 2. The van der Waals surface area contributed by atoms with Gasteiger partial charge in [-0.15, -0.1) is 0 Å². The van der Waals surface area contributed by atoms with E-state index in [1.54, 1.807) is 49.6 Å². The highest BCUT2D eigenvalue weighted by Gasteiger charge is 2.33. The average molecular weight is 443 g/mol. The number of rotatable bonds is 4. The number of anilines is 1. The molecule has 1 N–H and O–H groups in total. The van der Waals surface area contributed by atoms with Crippen molar-refractivity contribution < 1.29 is 19.1 Å². The molecule has 0 bridgehead atoms. The van der Waals surface area contributed by atoms with E-state index in [9.17, 15) is 9.59 Å². The van der Waals surface area contributed by atoms with Gasteiger partial charge in [0.15, 0.2) is 0 Å². The maximum Gasteiger partial charge on any atom is 0.417 e. The topological polar surface area (TPSA) is 67.9 Å². The molecule has 2 aliphatic rings. The van der Waals surface area contributed by atoms with Crippen LogP contribution in [0.5, 0.6) is 11.5 Å². The Morgan fingerprint density at radius 3 is 2.42 bits per heavy atom. The lowest BCUT2D eigenvalue weighted by Crippen LogP contribution is -2.44. The molecule has 1 heterocycles. The summed E-state index contributed by atoms with van der Waals surface area (Å²) in [4.78, 5) is 27.1. The van der Waals surface area contributed by atoms with Crippen LogP contribution in [0.25, 0.3) is 0 Å². The first-order valence-electron chi connectivity index (χ1n) is 10.7. The van der Waals surface area contributed by atoms with E-state index in [1.807, 2.05) is 4.90 Å². The summed E-state index contributed by atoms with van der Waals surface area (Å²) in [5.41, 5.74) is 0.927. The zero-order valence-corrected chi connectivity index (χ0v) is 18.4. The Morgan fingerprint density at radius 1 is 1.00 bits per heavy atom. The Morgan fingerprint density at radius 2 is 1.71 bits per heavy atom. The number of nitrogens with one attached hydrogen (secondary N) is 1. The van der Waals surface area contributed by atoms with E-state index in [0.29, 0.717) is 33.7 Å². The number of benzene rings is 2. The zero-order valence-electron chi connectivity index (χ0n) is 17.6. The number of hydrogen-bond donors (Lipinski definition) is 1. The molecule has 1 aliphatic heterocycles. The van der Waals surface area contributed by atoms with Crippen LogP contribution in [0.15, 0.2) is 42.5 Å². The molecule has 2 atom stereocenters. The third kappa shape index (κ3) is 5.13. The lowest BCUT2D eigenvalue weighted by molar-refractivity contribution is 0.0521. The maximum atomic E-state index is 13.0. The predicted octanol–water partition coefficient (Wildman–Crippen LogP) is 5.61. The molecule has 0 radical (unpaired) electrons. The molecular formula is C24H27ClN2O4. The lowest BCUT2D eigenvalue weighted by atomic mass is 9.75. The van der Waals surface area contributed by atoms with Gasteiger partial charge in [-0.1, -0.05) is 30.9 Å². The van der Waals surface area contributed by atoms with Crippen LogP contribution in [-0.4, -0.2) is 37.1 Å². The second-order valence-electron chi connectivity index (χ2n) is 8.23. The van der Waals surface area contributed by atoms with Crippen molar-refractivity contribution in [3.63, 3.8) is 0 Å². The van der Waals surface area contributed by atoms with Crippen molar-refractivity contribution in [1.82, 2.24) is 4.90 Å². The molecule has 4 rings (SSSR count). The second-order valence-corrected chi connectivity index (χ2v) is 8.64. The number of halogens is 1. The maximum absolute atomic E-state index is 13.0. The number of hydrogen-bond acceptors (Lipinski definition) is 4. The smallest absolute Gasteiger partial charge is 0.417 e. The second kappa shape index (κ2) is 9.60. The first-order valence-corrected chi connectivity index (χ1v) is 11.1. The largest absolute Gasteiger partial charge is 0.497 e. The number of methoxy groups -OCH3 is 1. The van der Waals surface area contributed by atoms with E-state index in [4.69, 9.17) is 21.1 Å². The highest BCUT2D eigenvalue weighted by Crippen LogP contribution is 2.37. The van der Waals surface area contributed by atoms with Gasteiger partial charge in [-0.25, -0.2) is 4.79 Å². The van der Waals surface area contributed by atoms with Gasteiger partial charge >= 0.3 is 6.09 Å². The number of amides is 2.